The fraction of sp³-hybridized carbons (Fsp3) is 0.641. The van der Waals surface area contributed by atoms with Gasteiger partial charge in [-0.1, -0.05) is 76.7 Å². The van der Waals surface area contributed by atoms with E-state index in [0.29, 0.717) is 76.3 Å². The van der Waals surface area contributed by atoms with Crippen molar-refractivity contribution in [2.75, 3.05) is 33.9 Å². The van der Waals surface area contributed by atoms with E-state index < -0.39 is 54.8 Å². The number of ether oxygens (including phenoxy) is 5. The molecule has 0 bridgehead atoms. The maximum atomic E-state index is 14.6. The first-order valence-electron chi connectivity index (χ1n) is 36.8. The van der Waals surface area contributed by atoms with E-state index in [1.807, 2.05) is 62.1 Å². The average molecular weight is 1350 g/mol. The number of carbonyl (C=O) groups is 6. The van der Waals surface area contributed by atoms with Crippen LogP contribution in [0.15, 0.2) is 60.7 Å². The van der Waals surface area contributed by atoms with Crippen molar-refractivity contribution in [1.29, 1.82) is 0 Å². The summed E-state index contributed by atoms with van der Waals surface area (Å²) in [6, 6.07) is 10.6. The molecule has 4 aromatic rings. The number of nitrogens with zero attached hydrogens (tertiary/aromatic N) is 4. The van der Waals surface area contributed by atoms with Gasteiger partial charge in [0, 0.05) is 71.3 Å². The molecule has 520 valence electrons. The number of pyridine rings is 2. The van der Waals surface area contributed by atoms with Gasteiger partial charge in [0.05, 0.1) is 84.0 Å². The molecule has 15 rings (SSSR count). The second kappa shape index (κ2) is 26.3. The number of aromatic nitrogens is 2. The summed E-state index contributed by atoms with van der Waals surface area (Å²) in [6.45, 7) is 8.37. The quantitative estimate of drug-likeness (QED) is 0.121. The lowest BCUT2D eigenvalue weighted by Gasteiger charge is -2.39. The van der Waals surface area contributed by atoms with Crippen molar-refractivity contribution in [1.82, 2.24) is 24.5 Å². The van der Waals surface area contributed by atoms with Crippen LogP contribution in [0.25, 0.3) is 21.8 Å². The SMILES string of the molecule is CCOC(=O)C12CC(=O)[C@@H]3C[C@]4(CCc5c(c(C6CCC6)nc6ccc(OC)cc56)O4)CN3C(=O)[C@@H](C)CCCCC/C=C\[C@@H]1C2.COc1ccc2nc(C3CCC3)c3c(c2c1)CC[C@]1(C[C@H]2C(=O)CC4(C(=O)NS(=O)(=O)C5(C)CC5)C[C@H]4/C=C\CCCCC[C@H](C)C(=O)N2C1)O3. The van der Waals surface area contributed by atoms with E-state index in [9.17, 15) is 37.2 Å². The van der Waals surface area contributed by atoms with E-state index in [1.54, 1.807) is 26.0 Å². The van der Waals surface area contributed by atoms with Crippen molar-refractivity contribution in [2.24, 2.45) is 34.5 Å². The Bertz CT molecular complexity index is 3990. The highest BCUT2D eigenvalue weighted by atomic mass is 32.2. The van der Waals surface area contributed by atoms with Crippen molar-refractivity contribution in [3.05, 3.63) is 83.2 Å². The minimum absolute atomic E-state index is 0.00162. The molecule has 2 unspecified atom stereocenters. The van der Waals surface area contributed by atoms with Crippen LogP contribution >= 0.6 is 0 Å². The van der Waals surface area contributed by atoms with E-state index >= 15 is 0 Å². The largest absolute Gasteiger partial charge is 0.497 e. The number of hydrogen-bond acceptors (Lipinski definition) is 15. The number of fused-ring (bicyclic) bond motifs is 10. The predicted octanol–water partition coefficient (Wildman–Crippen LogP) is 13.2. The Morgan fingerprint density at radius 3 is 1.52 bits per heavy atom. The molecule has 18 nitrogen and oxygen atoms in total. The number of hydrogen-bond donors (Lipinski definition) is 1. The topological polar surface area (TPSA) is 227 Å². The molecule has 2 aromatic carbocycles. The van der Waals surface area contributed by atoms with Crippen LogP contribution in [0.1, 0.15) is 229 Å². The second-order valence-electron chi connectivity index (χ2n) is 31.3. The van der Waals surface area contributed by atoms with Crippen LogP contribution in [0.4, 0.5) is 0 Å². The molecule has 2 aromatic heterocycles. The summed E-state index contributed by atoms with van der Waals surface area (Å²) in [6.07, 6.45) is 29.9. The summed E-state index contributed by atoms with van der Waals surface area (Å²) in [4.78, 5) is 98.5. The maximum absolute atomic E-state index is 14.6. The summed E-state index contributed by atoms with van der Waals surface area (Å²) >= 11 is 0. The van der Waals surface area contributed by atoms with Crippen LogP contribution in [-0.2, 0) is 56.4 Å². The lowest BCUT2D eigenvalue weighted by molar-refractivity contribution is -0.152. The maximum Gasteiger partial charge on any atom is 0.313 e. The van der Waals surface area contributed by atoms with Crippen LogP contribution in [-0.4, -0.2) is 125 Å². The van der Waals surface area contributed by atoms with E-state index in [-0.39, 0.29) is 72.5 Å². The number of carbonyl (C=O) groups excluding carboxylic acids is 6. The van der Waals surface area contributed by atoms with Gasteiger partial charge in [0.15, 0.2) is 11.6 Å². The number of nitrogens with one attached hydrogen (secondary N) is 1. The number of Topliss-reactive ketones (excluding diaryl/α,β-unsaturated/α-hetero) is 2. The summed E-state index contributed by atoms with van der Waals surface area (Å²) < 4.78 is 58.7. The molecule has 10 atom stereocenters. The lowest BCUT2D eigenvalue weighted by Crippen LogP contribution is -2.47. The van der Waals surface area contributed by atoms with E-state index in [0.717, 1.165) is 176 Å². The fourth-order valence-corrected chi connectivity index (χ4v) is 18.8. The summed E-state index contributed by atoms with van der Waals surface area (Å²) in [5.41, 5.74) is 2.68. The molecule has 11 aliphatic rings. The van der Waals surface area contributed by atoms with Crippen molar-refractivity contribution in [3.63, 3.8) is 0 Å². The molecule has 5 saturated carbocycles. The second-order valence-corrected chi connectivity index (χ2v) is 33.5. The Balaban J connectivity index is 0.000000167. The number of ketones is 2. The molecular weight excluding hydrogens is 1250 g/mol. The number of amides is 3. The zero-order valence-electron chi connectivity index (χ0n) is 57.8. The van der Waals surface area contributed by atoms with Gasteiger partial charge in [0.1, 0.15) is 34.2 Å². The number of aryl methyl sites for hydroxylation is 2. The van der Waals surface area contributed by atoms with E-state index in [1.165, 1.54) is 6.42 Å². The first-order chi connectivity index (χ1) is 46.6. The zero-order valence-corrected chi connectivity index (χ0v) is 58.6. The molecule has 0 radical (unpaired) electrons. The summed E-state index contributed by atoms with van der Waals surface area (Å²) in [7, 11) is -0.543. The molecule has 1 N–H and O–H groups in total. The molecule has 97 heavy (non-hydrogen) atoms. The number of esters is 1. The van der Waals surface area contributed by atoms with Crippen LogP contribution < -0.4 is 23.7 Å². The Hall–Kier alpha value is -6.89. The molecule has 6 aliphatic heterocycles. The standard InChI is InChI=1S/C40H51N3O7S.C38H48N2O6/c1-25-10-7-5-4-6-8-13-27-21-40(27,37(46)42-51(47,48)38(2)18-19-38)23-33(44)32-22-39(24-43(32)36(25)45)17-16-29-30-20-28(49-3)14-15-31(30)41-34(35(29)50-39)26-11-9-12-26;1-4-45-36(43)38-20-26(38)14-9-7-5-6-8-11-24(2)35(42)40-23-37(21-31(40)32(41)22-38)18-17-28-29-19-27(44-3)15-16-30(29)39-33(34(28)46-37)25-12-10-13-25/h8,13-15,20,25-27,32H,4-7,9-12,16-19,21-24H2,1-3H3,(H,42,46);9,14-16,19,24-26,31H,4-8,10-13,17-18,20-23H2,1-3H3/b13-8-;14-9-/t25-,27+,32-,39+,40?;24-,26+,31-,37+,38?/m00/s1. The van der Waals surface area contributed by atoms with E-state index in [2.05, 4.69) is 29.0 Å². The van der Waals surface area contributed by atoms with Crippen molar-refractivity contribution in [2.45, 2.75) is 247 Å². The van der Waals surface area contributed by atoms with Gasteiger partial charge >= 0.3 is 5.97 Å². The first kappa shape index (κ1) is 67.3. The number of sulfonamides is 1. The molecule has 5 aliphatic carbocycles. The third-order valence-electron chi connectivity index (χ3n) is 24.8. The van der Waals surface area contributed by atoms with Gasteiger partial charge in [-0.3, -0.25) is 33.5 Å². The molecule has 3 amide bonds. The highest BCUT2D eigenvalue weighted by Gasteiger charge is 2.65. The van der Waals surface area contributed by atoms with Gasteiger partial charge in [0.2, 0.25) is 27.7 Å². The molecular formula is C78H99N5O13S. The Morgan fingerprint density at radius 1 is 0.608 bits per heavy atom. The number of rotatable bonds is 9. The van der Waals surface area contributed by atoms with Gasteiger partial charge in [0.25, 0.3) is 0 Å². The van der Waals surface area contributed by atoms with Crippen molar-refractivity contribution < 1.29 is 60.9 Å². The average Bonchev–Trinajstić information content (AvgIpc) is 1.68. The zero-order chi connectivity index (χ0) is 67.8. The van der Waals surface area contributed by atoms with Crippen LogP contribution in [0.3, 0.4) is 0 Å². The third-order valence-corrected chi connectivity index (χ3v) is 26.9. The monoisotopic (exact) mass is 1350 g/mol. The Morgan fingerprint density at radius 2 is 1.07 bits per heavy atom. The smallest absolute Gasteiger partial charge is 0.313 e. The Kier molecular flexibility index (Phi) is 18.3. The molecule has 2 spiro atoms. The number of benzene rings is 2. The highest BCUT2D eigenvalue weighted by molar-refractivity contribution is 7.91. The van der Waals surface area contributed by atoms with Crippen molar-refractivity contribution >= 4 is 67.1 Å². The fourth-order valence-electron chi connectivity index (χ4n) is 17.5. The van der Waals surface area contributed by atoms with Gasteiger partial charge in [-0.2, -0.15) is 0 Å². The highest BCUT2D eigenvalue weighted by Crippen LogP contribution is 2.60. The molecule has 19 heteroatoms. The normalized spacial score (nSPS) is 32.6. The first-order valence-corrected chi connectivity index (χ1v) is 38.3. The van der Waals surface area contributed by atoms with Gasteiger partial charge in [-0.15, -0.1) is 0 Å². The van der Waals surface area contributed by atoms with Gasteiger partial charge in [-0.05, 0) is 178 Å². The predicted molar refractivity (Wildman–Crippen MR) is 368 cm³/mol. The molecule has 2 saturated heterocycles. The van der Waals surface area contributed by atoms with Gasteiger partial charge < -0.3 is 33.5 Å². The number of allylic oxidation sites excluding steroid dienone is 4. The lowest BCUT2D eigenvalue weighted by atomic mass is 9.79. The van der Waals surface area contributed by atoms with Crippen LogP contribution in [0, 0.1) is 34.5 Å². The van der Waals surface area contributed by atoms with Crippen molar-refractivity contribution in [3.8, 4) is 23.0 Å². The van der Waals surface area contributed by atoms with Gasteiger partial charge in [-0.25, -0.2) is 18.4 Å². The third kappa shape index (κ3) is 12.7. The van der Waals surface area contributed by atoms with E-state index in [4.69, 9.17) is 33.7 Å². The van der Waals surface area contributed by atoms with Crippen LogP contribution in [0.5, 0.6) is 23.0 Å². The molecule has 8 heterocycles. The minimum atomic E-state index is -3.88. The summed E-state index contributed by atoms with van der Waals surface area (Å²) in [5, 5.41) is 2.05. The van der Waals surface area contributed by atoms with Crippen LogP contribution in [0.2, 0.25) is 0 Å². The summed E-state index contributed by atoms with van der Waals surface area (Å²) in [5.74, 6) is 2.02. The Labute approximate surface area is 571 Å². The number of methoxy groups -OCH3 is 2. The molecule has 7 fully saturated rings. The minimum Gasteiger partial charge on any atom is -0.497 e.